The van der Waals surface area contributed by atoms with Crippen LogP contribution in [0.2, 0.25) is 0 Å². The molecular formula is C20H23N3O4S. The Bertz CT molecular complexity index is 814. The Balaban J connectivity index is 1.77. The van der Waals surface area contributed by atoms with E-state index < -0.39 is 11.8 Å². The van der Waals surface area contributed by atoms with Crippen LogP contribution in [0.25, 0.3) is 0 Å². The highest BCUT2D eigenvalue weighted by Crippen LogP contribution is 2.15. The minimum Gasteiger partial charge on any atom is -0.491 e. The average Bonchev–Trinajstić information content (AvgIpc) is 2.71. The van der Waals surface area contributed by atoms with E-state index in [9.17, 15) is 9.59 Å². The van der Waals surface area contributed by atoms with Crippen molar-refractivity contribution in [2.75, 3.05) is 6.61 Å². The molecule has 0 aliphatic rings. The first-order chi connectivity index (χ1) is 13.5. The first-order valence-corrected chi connectivity index (χ1v) is 9.23. The van der Waals surface area contributed by atoms with Crippen molar-refractivity contribution in [1.82, 2.24) is 16.2 Å². The van der Waals surface area contributed by atoms with E-state index in [0.717, 1.165) is 6.42 Å². The molecule has 2 rings (SSSR count). The molecule has 0 aliphatic heterocycles. The van der Waals surface area contributed by atoms with E-state index in [2.05, 4.69) is 16.2 Å². The molecule has 0 fully saturated rings. The molecule has 2 amide bonds. The standard InChI is InChI=1S/C20H23N3O4S/c1-3-14(2)27-17-11-7-8-15(12-17)19(25)21-20(28)23-22-18(24)13-26-16-9-5-4-6-10-16/h4-12,14H,3,13H2,1-2H3,(H,22,24)(H2,21,23,25,28). The molecule has 1 atom stereocenters. The van der Waals surface area contributed by atoms with Gasteiger partial charge >= 0.3 is 0 Å². The van der Waals surface area contributed by atoms with Crippen LogP contribution in [-0.4, -0.2) is 29.6 Å². The number of carbonyl (C=O) groups is 2. The number of benzene rings is 2. The van der Waals surface area contributed by atoms with E-state index in [4.69, 9.17) is 21.7 Å². The van der Waals surface area contributed by atoms with Crippen LogP contribution in [0.1, 0.15) is 30.6 Å². The van der Waals surface area contributed by atoms with Crippen molar-refractivity contribution in [3.8, 4) is 11.5 Å². The lowest BCUT2D eigenvalue weighted by molar-refractivity contribution is -0.123. The van der Waals surface area contributed by atoms with E-state index in [-0.39, 0.29) is 17.8 Å². The van der Waals surface area contributed by atoms with Gasteiger partial charge in [-0.1, -0.05) is 31.2 Å². The van der Waals surface area contributed by atoms with Gasteiger partial charge in [-0.25, -0.2) is 0 Å². The van der Waals surface area contributed by atoms with Crippen LogP contribution in [0.3, 0.4) is 0 Å². The predicted octanol–water partition coefficient (Wildman–Crippen LogP) is 2.58. The number of carbonyl (C=O) groups excluding carboxylic acids is 2. The fourth-order valence-electron chi connectivity index (χ4n) is 2.06. The molecule has 0 radical (unpaired) electrons. The third-order valence-electron chi connectivity index (χ3n) is 3.66. The Kier molecular flexibility index (Phi) is 8.23. The van der Waals surface area contributed by atoms with E-state index in [1.165, 1.54) is 0 Å². The quantitative estimate of drug-likeness (QED) is 0.488. The zero-order valence-corrected chi connectivity index (χ0v) is 16.5. The van der Waals surface area contributed by atoms with Gasteiger partial charge in [-0.05, 0) is 55.9 Å². The number of hydrazine groups is 1. The van der Waals surface area contributed by atoms with Crippen LogP contribution in [0.4, 0.5) is 0 Å². The third-order valence-corrected chi connectivity index (χ3v) is 3.87. The number of nitrogens with one attached hydrogen (secondary N) is 3. The maximum atomic E-state index is 12.3. The summed E-state index contributed by atoms with van der Waals surface area (Å²) in [7, 11) is 0. The fourth-order valence-corrected chi connectivity index (χ4v) is 2.20. The van der Waals surface area contributed by atoms with Gasteiger partial charge in [-0.3, -0.25) is 25.8 Å². The van der Waals surface area contributed by atoms with Gasteiger partial charge in [0, 0.05) is 5.56 Å². The molecule has 2 aromatic carbocycles. The number of amides is 2. The number of ether oxygens (including phenoxy) is 2. The van der Waals surface area contributed by atoms with Crippen molar-refractivity contribution < 1.29 is 19.1 Å². The zero-order valence-electron chi connectivity index (χ0n) is 15.7. The van der Waals surface area contributed by atoms with Gasteiger partial charge in [0.2, 0.25) is 0 Å². The third kappa shape index (κ3) is 7.24. The second kappa shape index (κ2) is 10.9. The van der Waals surface area contributed by atoms with Gasteiger partial charge in [0.1, 0.15) is 11.5 Å². The van der Waals surface area contributed by atoms with Gasteiger partial charge < -0.3 is 9.47 Å². The topological polar surface area (TPSA) is 88.7 Å². The highest BCUT2D eigenvalue weighted by atomic mass is 32.1. The molecule has 0 bridgehead atoms. The fraction of sp³-hybridized carbons (Fsp3) is 0.250. The molecule has 0 saturated heterocycles. The molecule has 7 nitrogen and oxygen atoms in total. The highest BCUT2D eigenvalue weighted by molar-refractivity contribution is 7.80. The molecule has 0 spiro atoms. The summed E-state index contributed by atoms with van der Waals surface area (Å²) in [6.45, 7) is 3.78. The van der Waals surface area contributed by atoms with Gasteiger partial charge in [0.05, 0.1) is 6.10 Å². The molecule has 0 aromatic heterocycles. The van der Waals surface area contributed by atoms with Gasteiger partial charge in [0.25, 0.3) is 11.8 Å². The summed E-state index contributed by atoms with van der Waals surface area (Å²) in [5, 5.41) is 2.45. The zero-order chi connectivity index (χ0) is 20.4. The summed E-state index contributed by atoms with van der Waals surface area (Å²) in [5.41, 5.74) is 5.22. The Labute approximate surface area is 169 Å². The summed E-state index contributed by atoms with van der Waals surface area (Å²) in [4.78, 5) is 24.1. The SMILES string of the molecule is CCC(C)Oc1cccc(C(=O)NC(=S)NNC(=O)COc2ccccc2)c1. The number of rotatable bonds is 7. The second-order valence-electron chi connectivity index (χ2n) is 5.92. The van der Waals surface area contributed by atoms with E-state index in [1.54, 1.807) is 48.5 Å². The number of para-hydroxylation sites is 1. The van der Waals surface area contributed by atoms with Crippen LogP contribution in [0.5, 0.6) is 11.5 Å². The molecule has 2 aromatic rings. The molecule has 1 unspecified atom stereocenters. The Hall–Kier alpha value is -3.13. The summed E-state index contributed by atoms with van der Waals surface area (Å²) < 4.78 is 11.0. The van der Waals surface area contributed by atoms with E-state index >= 15 is 0 Å². The van der Waals surface area contributed by atoms with Crippen LogP contribution in [0, 0.1) is 0 Å². The van der Waals surface area contributed by atoms with Gasteiger partial charge in [0.15, 0.2) is 11.7 Å². The van der Waals surface area contributed by atoms with Crippen LogP contribution in [-0.2, 0) is 4.79 Å². The van der Waals surface area contributed by atoms with Crippen LogP contribution < -0.4 is 25.6 Å². The maximum Gasteiger partial charge on any atom is 0.276 e. The molecule has 8 heteroatoms. The first-order valence-electron chi connectivity index (χ1n) is 8.82. The van der Waals surface area contributed by atoms with Gasteiger partial charge in [-0.15, -0.1) is 0 Å². The maximum absolute atomic E-state index is 12.3. The molecular weight excluding hydrogens is 378 g/mol. The molecule has 28 heavy (non-hydrogen) atoms. The summed E-state index contributed by atoms with van der Waals surface area (Å²) >= 11 is 5.02. The number of thiocarbonyl (C=S) groups is 1. The van der Waals surface area contributed by atoms with Crippen molar-refractivity contribution in [1.29, 1.82) is 0 Å². The first kappa shape index (κ1) is 21.2. The van der Waals surface area contributed by atoms with Crippen LogP contribution in [0.15, 0.2) is 54.6 Å². The van der Waals surface area contributed by atoms with Crippen LogP contribution >= 0.6 is 12.2 Å². The summed E-state index contributed by atoms with van der Waals surface area (Å²) in [5.74, 6) is 0.326. The Morgan fingerprint density at radius 2 is 1.75 bits per heavy atom. The van der Waals surface area contributed by atoms with E-state index in [0.29, 0.717) is 17.1 Å². The molecule has 0 heterocycles. The number of hydrogen-bond donors (Lipinski definition) is 3. The molecule has 3 N–H and O–H groups in total. The Morgan fingerprint density at radius 1 is 1.04 bits per heavy atom. The van der Waals surface area contributed by atoms with Crippen molar-refractivity contribution in [3.05, 3.63) is 60.2 Å². The molecule has 0 saturated carbocycles. The lowest BCUT2D eigenvalue weighted by Crippen LogP contribution is -2.49. The lowest BCUT2D eigenvalue weighted by Gasteiger charge is -2.14. The summed E-state index contributed by atoms with van der Waals surface area (Å²) in [6, 6.07) is 15.7. The average molecular weight is 401 g/mol. The molecule has 148 valence electrons. The minimum absolute atomic E-state index is 0.0358. The number of hydrogen-bond acceptors (Lipinski definition) is 5. The van der Waals surface area contributed by atoms with Gasteiger partial charge in [-0.2, -0.15) is 0 Å². The molecule has 0 aliphatic carbocycles. The highest BCUT2D eigenvalue weighted by Gasteiger charge is 2.11. The monoisotopic (exact) mass is 401 g/mol. The van der Waals surface area contributed by atoms with Crippen molar-refractivity contribution in [2.24, 2.45) is 0 Å². The smallest absolute Gasteiger partial charge is 0.276 e. The Morgan fingerprint density at radius 3 is 2.46 bits per heavy atom. The predicted molar refractivity (Wildman–Crippen MR) is 110 cm³/mol. The van der Waals surface area contributed by atoms with Crippen molar-refractivity contribution in [3.63, 3.8) is 0 Å². The second-order valence-corrected chi connectivity index (χ2v) is 6.33. The van der Waals surface area contributed by atoms with Crippen molar-refractivity contribution in [2.45, 2.75) is 26.4 Å². The normalized spacial score (nSPS) is 11.1. The van der Waals surface area contributed by atoms with Crippen molar-refractivity contribution >= 4 is 29.1 Å². The largest absolute Gasteiger partial charge is 0.491 e. The van der Waals surface area contributed by atoms with E-state index in [1.807, 2.05) is 19.9 Å². The lowest BCUT2D eigenvalue weighted by atomic mass is 10.2. The minimum atomic E-state index is -0.440. The summed E-state index contributed by atoms with van der Waals surface area (Å²) in [6.07, 6.45) is 0.910.